The van der Waals surface area contributed by atoms with E-state index in [1.807, 2.05) is 0 Å². The minimum Gasteiger partial charge on any atom is -0.339 e. The summed E-state index contributed by atoms with van der Waals surface area (Å²) in [6.45, 7) is 1.38. The molecule has 3 amide bonds. The number of carbonyl (C=O) groups is 3. The third kappa shape index (κ3) is 4.38. The first-order chi connectivity index (χ1) is 12.8. The molecule has 6 nitrogen and oxygen atoms in total. The highest BCUT2D eigenvalue weighted by molar-refractivity contribution is 5.90. The van der Waals surface area contributed by atoms with E-state index >= 15 is 0 Å². The van der Waals surface area contributed by atoms with E-state index in [9.17, 15) is 27.6 Å². The Labute approximate surface area is 156 Å². The average molecular weight is 389 g/mol. The minimum absolute atomic E-state index is 0.0467. The van der Waals surface area contributed by atoms with Gasteiger partial charge in [-0.3, -0.25) is 14.4 Å². The molecule has 0 aromatic carbocycles. The number of piperazine rings is 1. The molecule has 3 fully saturated rings. The summed E-state index contributed by atoms with van der Waals surface area (Å²) in [5.74, 6) is -2.17. The van der Waals surface area contributed by atoms with Crippen LogP contribution in [0.15, 0.2) is 0 Å². The summed E-state index contributed by atoms with van der Waals surface area (Å²) in [6, 6.07) is -1.04. The van der Waals surface area contributed by atoms with Crippen LogP contribution in [0.2, 0.25) is 0 Å². The summed E-state index contributed by atoms with van der Waals surface area (Å²) < 4.78 is 38.2. The van der Waals surface area contributed by atoms with E-state index < -0.39 is 24.0 Å². The van der Waals surface area contributed by atoms with Crippen molar-refractivity contribution in [2.24, 2.45) is 5.92 Å². The van der Waals surface area contributed by atoms with E-state index in [4.69, 9.17) is 0 Å². The van der Waals surface area contributed by atoms with Gasteiger partial charge in [0.15, 0.2) is 0 Å². The molecule has 2 heterocycles. The Kier molecular flexibility index (Phi) is 5.95. The lowest BCUT2D eigenvalue weighted by Gasteiger charge is -2.39. The van der Waals surface area contributed by atoms with Crippen molar-refractivity contribution in [1.29, 1.82) is 0 Å². The van der Waals surface area contributed by atoms with Gasteiger partial charge in [0.25, 0.3) is 0 Å². The van der Waals surface area contributed by atoms with Crippen LogP contribution in [0.4, 0.5) is 13.2 Å². The van der Waals surface area contributed by atoms with Gasteiger partial charge in [0, 0.05) is 38.6 Å². The van der Waals surface area contributed by atoms with E-state index in [0.717, 1.165) is 25.7 Å². The zero-order valence-electron chi connectivity index (χ0n) is 15.3. The summed E-state index contributed by atoms with van der Waals surface area (Å²) in [7, 11) is 0. The molecule has 152 valence electrons. The number of amides is 3. The second kappa shape index (κ2) is 8.06. The largest absolute Gasteiger partial charge is 0.471 e. The first-order valence-corrected chi connectivity index (χ1v) is 9.74. The smallest absolute Gasteiger partial charge is 0.339 e. The lowest BCUT2D eigenvalue weighted by molar-refractivity contribution is -0.187. The molecule has 1 unspecified atom stereocenters. The molecule has 0 aromatic heterocycles. The maximum atomic E-state index is 12.7. The molecule has 9 heteroatoms. The maximum Gasteiger partial charge on any atom is 0.471 e. The minimum atomic E-state index is -4.96. The van der Waals surface area contributed by atoms with Gasteiger partial charge in [0.2, 0.25) is 11.8 Å². The number of hydrogen-bond acceptors (Lipinski definition) is 3. The zero-order chi connectivity index (χ0) is 19.6. The van der Waals surface area contributed by atoms with Crippen molar-refractivity contribution >= 4 is 17.7 Å². The number of halogens is 3. The molecular formula is C18H26F3N3O3. The first-order valence-electron chi connectivity index (χ1n) is 9.74. The first kappa shape index (κ1) is 19.9. The molecular weight excluding hydrogens is 363 g/mol. The van der Waals surface area contributed by atoms with Crippen LogP contribution in [0.3, 0.4) is 0 Å². The number of carbonyl (C=O) groups excluding carboxylic acids is 3. The lowest BCUT2D eigenvalue weighted by Crippen LogP contribution is -2.57. The number of nitrogens with zero attached hydrogens (tertiary/aromatic N) is 3. The van der Waals surface area contributed by atoms with Crippen LogP contribution in [0.1, 0.15) is 44.9 Å². The summed E-state index contributed by atoms with van der Waals surface area (Å²) in [6.07, 6.45) is 0.803. The highest BCUT2D eigenvalue weighted by atomic mass is 19.4. The molecule has 0 N–H and O–H groups in total. The fourth-order valence-corrected chi connectivity index (χ4v) is 4.40. The molecule has 27 heavy (non-hydrogen) atoms. The second-order valence-electron chi connectivity index (χ2n) is 7.64. The van der Waals surface area contributed by atoms with Gasteiger partial charge in [0.05, 0.1) is 0 Å². The number of hydrogen-bond donors (Lipinski definition) is 0. The van der Waals surface area contributed by atoms with E-state index in [1.165, 1.54) is 11.3 Å². The Morgan fingerprint density at radius 2 is 1.26 bits per heavy atom. The topological polar surface area (TPSA) is 60.9 Å². The summed E-state index contributed by atoms with van der Waals surface area (Å²) in [5.41, 5.74) is 0. The van der Waals surface area contributed by atoms with Gasteiger partial charge in [0.1, 0.15) is 6.04 Å². The summed E-state index contributed by atoms with van der Waals surface area (Å²) in [4.78, 5) is 40.7. The molecule has 1 saturated carbocycles. The van der Waals surface area contributed by atoms with Crippen LogP contribution >= 0.6 is 0 Å². The maximum absolute atomic E-state index is 12.7. The Bertz CT molecular complexity index is 582. The highest BCUT2D eigenvalue weighted by Gasteiger charge is 2.48. The van der Waals surface area contributed by atoms with Gasteiger partial charge < -0.3 is 14.7 Å². The molecule has 3 rings (SSSR count). The van der Waals surface area contributed by atoms with Crippen LogP contribution in [0, 0.1) is 5.92 Å². The van der Waals surface area contributed by atoms with Crippen LogP contribution < -0.4 is 0 Å². The van der Waals surface area contributed by atoms with Gasteiger partial charge in [-0.15, -0.1) is 0 Å². The second-order valence-corrected chi connectivity index (χ2v) is 7.64. The monoisotopic (exact) mass is 389 g/mol. The SMILES string of the molecule is O=C(C1CCCCC1)N1CCN(C(=O)C2CCCN2C(=O)C(F)(F)F)CC1. The van der Waals surface area contributed by atoms with Gasteiger partial charge in [-0.2, -0.15) is 13.2 Å². The molecule has 0 radical (unpaired) electrons. The predicted molar refractivity (Wildman–Crippen MR) is 90.5 cm³/mol. The molecule has 1 atom stereocenters. The van der Waals surface area contributed by atoms with Crippen molar-refractivity contribution < 1.29 is 27.6 Å². The molecule has 1 aliphatic carbocycles. The summed E-state index contributed by atoms with van der Waals surface area (Å²) in [5, 5.41) is 0. The van der Waals surface area contributed by atoms with Crippen molar-refractivity contribution in [3.63, 3.8) is 0 Å². The van der Waals surface area contributed by atoms with Gasteiger partial charge in [-0.05, 0) is 25.7 Å². The van der Waals surface area contributed by atoms with Crippen LogP contribution in [-0.2, 0) is 14.4 Å². The van der Waals surface area contributed by atoms with Crippen molar-refractivity contribution in [3.05, 3.63) is 0 Å². The molecule has 2 saturated heterocycles. The lowest BCUT2D eigenvalue weighted by atomic mass is 9.88. The van der Waals surface area contributed by atoms with Crippen LogP contribution in [0.5, 0.6) is 0 Å². The Morgan fingerprint density at radius 3 is 1.81 bits per heavy atom. The van der Waals surface area contributed by atoms with E-state index in [-0.39, 0.29) is 24.8 Å². The third-order valence-electron chi connectivity index (χ3n) is 5.90. The normalized spacial score (nSPS) is 25.0. The number of likely N-dealkylation sites (tertiary alicyclic amines) is 1. The fraction of sp³-hybridized carbons (Fsp3) is 0.833. The third-order valence-corrected chi connectivity index (χ3v) is 5.90. The predicted octanol–water partition coefficient (Wildman–Crippen LogP) is 1.79. The van der Waals surface area contributed by atoms with Gasteiger partial charge in [-0.1, -0.05) is 19.3 Å². The highest BCUT2D eigenvalue weighted by Crippen LogP contribution is 2.28. The number of alkyl halides is 3. The number of rotatable bonds is 2. The van der Waals surface area contributed by atoms with E-state index in [1.54, 1.807) is 4.90 Å². The van der Waals surface area contributed by atoms with Crippen molar-refractivity contribution in [3.8, 4) is 0 Å². The zero-order valence-corrected chi connectivity index (χ0v) is 15.3. The van der Waals surface area contributed by atoms with Crippen molar-refractivity contribution in [2.45, 2.75) is 57.2 Å². The fourth-order valence-electron chi connectivity index (χ4n) is 4.40. The quantitative estimate of drug-likeness (QED) is 0.724. The molecule has 0 bridgehead atoms. The standard InChI is InChI=1S/C18H26F3N3O3/c19-18(20,21)17(27)24-8-4-7-14(24)16(26)23-11-9-22(10-12-23)15(25)13-5-2-1-3-6-13/h13-14H,1-12H2. The summed E-state index contributed by atoms with van der Waals surface area (Å²) >= 11 is 0. The molecule has 3 aliphatic rings. The van der Waals surface area contributed by atoms with Crippen molar-refractivity contribution in [2.75, 3.05) is 32.7 Å². The van der Waals surface area contributed by atoms with E-state index in [0.29, 0.717) is 37.5 Å². The Hall–Kier alpha value is -1.80. The van der Waals surface area contributed by atoms with Crippen LogP contribution in [0.25, 0.3) is 0 Å². The molecule has 0 aromatic rings. The van der Waals surface area contributed by atoms with Gasteiger partial charge in [-0.25, -0.2) is 0 Å². The van der Waals surface area contributed by atoms with E-state index in [2.05, 4.69) is 0 Å². The molecule has 0 spiro atoms. The Morgan fingerprint density at radius 1 is 0.704 bits per heavy atom. The van der Waals surface area contributed by atoms with Gasteiger partial charge >= 0.3 is 12.1 Å². The van der Waals surface area contributed by atoms with Crippen molar-refractivity contribution in [1.82, 2.24) is 14.7 Å². The Balaban J connectivity index is 1.55. The molecule has 2 aliphatic heterocycles. The van der Waals surface area contributed by atoms with Crippen LogP contribution in [-0.4, -0.2) is 77.4 Å². The average Bonchev–Trinajstić information content (AvgIpc) is 3.16.